The van der Waals surface area contributed by atoms with Gasteiger partial charge in [-0.05, 0) is 48.3 Å². The molecule has 0 radical (unpaired) electrons. The highest BCUT2D eigenvalue weighted by Gasteiger charge is 2.40. The molecule has 1 unspecified atom stereocenters. The quantitative estimate of drug-likeness (QED) is 0.396. The third kappa shape index (κ3) is 4.84. The number of hydrogen-bond donors (Lipinski definition) is 0. The largest absolute Gasteiger partial charge is 0.491 e. The molecule has 1 aliphatic carbocycles. The van der Waals surface area contributed by atoms with Gasteiger partial charge in [-0.25, -0.2) is 0 Å². The average Bonchev–Trinajstić information content (AvgIpc) is 2.60. The summed E-state index contributed by atoms with van der Waals surface area (Å²) in [4.78, 5) is 11.5. The fourth-order valence-corrected chi connectivity index (χ4v) is 3.74. The van der Waals surface area contributed by atoms with Crippen molar-refractivity contribution in [2.75, 3.05) is 19.8 Å². The van der Waals surface area contributed by atoms with Crippen LogP contribution in [0.2, 0.25) is 0 Å². The van der Waals surface area contributed by atoms with Crippen molar-refractivity contribution in [2.45, 2.75) is 71.3 Å². The lowest BCUT2D eigenvalue weighted by molar-refractivity contribution is -0.144. The van der Waals surface area contributed by atoms with Gasteiger partial charge in [0.1, 0.15) is 12.4 Å². The Bertz CT molecular complexity index is 725. The minimum Gasteiger partial charge on any atom is -0.491 e. The number of carbonyl (C=O) groups is 1. The van der Waals surface area contributed by atoms with Crippen LogP contribution in [0.25, 0.3) is 0 Å². The van der Waals surface area contributed by atoms with Crippen LogP contribution in [0.5, 0.6) is 5.75 Å². The van der Waals surface area contributed by atoms with Crippen LogP contribution in [0, 0.1) is 12.3 Å². The normalized spacial score (nSPS) is 18.1. The average molecular weight is 373 g/mol. The second kappa shape index (κ2) is 8.35. The zero-order valence-electron chi connectivity index (χ0n) is 17.5. The molecule has 1 atom stereocenters. The summed E-state index contributed by atoms with van der Waals surface area (Å²) in [5, 5.41) is 0. The van der Waals surface area contributed by atoms with Gasteiger partial charge in [-0.3, -0.25) is 4.79 Å². The van der Waals surface area contributed by atoms with Crippen molar-refractivity contribution in [2.24, 2.45) is 0 Å². The monoisotopic (exact) mass is 372 g/mol. The van der Waals surface area contributed by atoms with Crippen LogP contribution in [0.3, 0.4) is 0 Å². The first kappa shape index (κ1) is 21.3. The van der Waals surface area contributed by atoms with Crippen molar-refractivity contribution in [3.8, 4) is 18.1 Å². The van der Waals surface area contributed by atoms with E-state index in [2.05, 4.69) is 39.7 Å². The van der Waals surface area contributed by atoms with Crippen LogP contribution in [0.4, 0.5) is 0 Å². The van der Waals surface area contributed by atoms with Crippen LogP contribution in [-0.4, -0.2) is 25.8 Å². The molecule has 0 spiro atoms. The zero-order valence-corrected chi connectivity index (χ0v) is 17.5. The summed E-state index contributed by atoms with van der Waals surface area (Å²) in [6, 6.07) is 4.03. The second-order valence-electron chi connectivity index (χ2n) is 8.41. The molecule has 0 aromatic heterocycles. The Morgan fingerprint density at radius 1 is 1.19 bits per heavy atom. The SMILES string of the molecule is C#CC(OC(C)=O)c1cc(OCCOCC)c2c(c1)C(C)(C)CCC2(C)C. The summed E-state index contributed by atoms with van der Waals surface area (Å²) in [7, 11) is 0. The minimum atomic E-state index is -0.720. The smallest absolute Gasteiger partial charge is 0.304 e. The fraction of sp³-hybridized carbons (Fsp3) is 0.609. The Morgan fingerprint density at radius 3 is 2.44 bits per heavy atom. The summed E-state index contributed by atoms with van der Waals surface area (Å²) in [6.45, 7) is 14.0. The van der Waals surface area contributed by atoms with Crippen LogP contribution in [-0.2, 0) is 25.1 Å². The highest BCUT2D eigenvalue weighted by molar-refractivity contribution is 5.67. The second-order valence-corrected chi connectivity index (χ2v) is 8.41. The minimum absolute atomic E-state index is 0.00258. The molecule has 0 fully saturated rings. The number of ether oxygens (including phenoxy) is 3. The summed E-state index contributed by atoms with van der Waals surface area (Å²) < 4.78 is 16.9. The van der Waals surface area contributed by atoms with E-state index in [1.165, 1.54) is 18.1 Å². The van der Waals surface area contributed by atoms with E-state index in [1.807, 2.05) is 13.0 Å². The Morgan fingerprint density at radius 2 is 1.85 bits per heavy atom. The van der Waals surface area contributed by atoms with Gasteiger partial charge < -0.3 is 14.2 Å². The van der Waals surface area contributed by atoms with Crippen molar-refractivity contribution < 1.29 is 19.0 Å². The van der Waals surface area contributed by atoms with E-state index in [-0.39, 0.29) is 10.8 Å². The van der Waals surface area contributed by atoms with Crippen molar-refractivity contribution in [1.82, 2.24) is 0 Å². The number of esters is 1. The molecule has 27 heavy (non-hydrogen) atoms. The van der Waals surface area contributed by atoms with Gasteiger partial charge >= 0.3 is 5.97 Å². The van der Waals surface area contributed by atoms with E-state index in [1.54, 1.807) is 0 Å². The fourth-order valence-electron chi connectivity index (χ4n) is 3.74. The van der Waals surface area contributed by atoms with E-state index >= 15 is 0 Å². The third-order valence-corrected chi connectivity index (χ3v) is 5.33. The van der Waals surface area contributed by atoms with Gasteiger partial charge in [0.25, 0.3) is 0 Å². The van der Waals surface area contributed by atoms with E-state index < -0.39 is 12.1 Å². The van der Waals surface area contributed by atoms with Crippen molar-refractivity contribution in [3.63, 3.8) is 0 Å². The number of benzene rings is 1. The van der Waals surface area contributed by atoms with E-state index in [0.29, 0.717) is 19.8 Å². The molecule has 148 valence electrons. The molecule has 1 aromatic carbocycles. The maximum Gasteiger partial charge on any atom is 0.304 e. The van der Waals surface area contributed by atoms with Gasteiger partial charge in [0.2, 0.25) is 0 Å². The predicted molar refractivity (Wildman–Crippen MR) is 107 cm³/mol. The lowest BCUT2D eigenvalue weighted by Gasteiger charge is -2.43. The highest BCUT2D eigenvalue weighted by Crippen LogP contribution is 2.50. The first-order valence-electron chi connectivity index (χ1n) is 9.65. The molecule has 1 aliphatic rings. The number of terminal acetylenes is 1. The van der Waals surface area contributed by atoms with Crippen LogP contribution < -0.4 is 4.74 Å². The lowest BCUT2D eigenvalue weighted by atomic mass is 9.62. The van der Waals surface area contributed by atoms with Crippen LogP contribution in [0.1, 0.15) is 77.2 Å². The Hall–Kier alpha value is -1.99. The summed E-state index contributed by atoms with van der Waals surface area (Å²) in [5.41, 5.74) is 3.21. The Balaban J connectivity index is 2.56. The van der Waals surface area contributed by atoms with Gasteiger partial charge in [-0.15, -0.1) is 6.42 Å². The van der Waals surface area contributed by atoms with Gasteiger partial charge in [0.15, 0.2) is 6.10 Å². The van der Waals surface area contributed by atoms with Gasteiger partial charge in [0, 0.05) is 24.7 Å². The topological polar surface area (TPSA) is 44.8 Å². The molecule has 0 amide bonds. The first-order chi connectivity index (χ1) is 12.6. The van der Waals surface area contributed by atoms with Crippen LogP contribution >= 0.6 is 0 Å². The molecule has 4 heteroatoms. The Labute approximate surface area is 163 Å². The number of hydrogen-bond acceptors (Lipinski definition) is 4. The molecule has 0 N–H and O–H groups in total. The van der Waals surface area contributed by atoms with E-state index in [9.17, 15) is 4.79 Å². The highest BCUT2D eigenvalue weighted by atomic mass is 16.5. The molecule has 0 bridgehead atoms. The van der Waals surface area contributed by atoms with E-state index in [0.717, 1.165) is 24.2 Å². The van der Waals surface area contributed by atoms with Crippen LogP contribution in [0.15, 0.2) is 12.1 Å². The molecule has 0 saturated heterocycles. The standard InChI is InChI=1S/C23H32O4/c1-8-19(27-16(3)24)17-14-18-21(20(15-17)26-13-12-25-9-2)23(6,7)11-10-22(18,4)5/h1,14-15,19H,9-13H2,2-7H3. The number of rotatable bonds is 7. The van der Waals surface area contributed by atoms with Gasteiger partial charge in [-0.2, -0.15) is 0 Å². The molecule has 1 aromatic rings. The maximum atomic E-state index is 11.5. The molecule has 0 heterocycles. The molecule has 0 aliphatic heterocycles. The van der Waals surface area contributed by atoms with Crippen molar-refractivity contribution in [3.05, 3.63) is 28.8 Å². The first-order valence-corrected chi connectivity index (χ1v) is 9.65. The molecular weight excluding hydrogens is 340 g/mol. The zero-order chi connectivity index (χ0) is 20.2. The lowest BCUT2D eigenvalue weighted by Crippen LogP contribution is -2.35. The summed E-state index contributed by atoms with van der Waals surface area (Å²) in [6.07, 6.45) is 7.08. The molecular formula is C23H32O4. The number of fused-ring (bicyclic) bond motifs is 1. The van der Waals surface area contributed by atoms with Gasteiger partial charge in [-0.1, -0.05) is 33.6 Å². The van der Waals surface area contributed by atoms with Crippen molar-refractivity contribution >= 4 is 5.97 Å². The summed E-state index contributed by atoms with van der Waals surface area (Å²) >= 11 is 0. The Kier molecular flexibility index (Phi) is 6.59. The predicted octanol–water partition coefficient (Wildman–Crippen LogP) is 4.69. The molecule has 2 rings (SSSR count). The molecule has 0 saturated carbocycles. The summed E-state index contributed by atoms with van der Waals surface area (Å²) in [5.74, 6) is 3.00. The third-order valence-electron chi connectivity index (χ3n) is 5.33. The van der Waals surface area contributed by atoms with E-state index in [4.69, 9.17) is 20.6 Å². The van der Waals surface area contributed by atoms with Crippen molar-refractivity contribution in [1.29, 1.82) is 0 Å². The molecule has 4 nitrogen and oxygen atoms in total. The van der Waals surface area contributed by atoms with Gasteiger partial charge in [0.05, 0.1) is 6.61 Å². The number of carbonyl (C=O) groups excluding carboxylic acids is 1. The maximum absolute atomic E-state index is 11.5.